The predicted molar refractivity (Wildman–Crippen MR) is 52.2 cm³/mol. The van der Waals surface area contributed by atoms with Crippen molar-refractivity contribution in [3.8, 4) is 0 Å². The Kier molecular flexibility index (Phi) is 3.77. The highest BCUT2D eigenvalue weighted by atomic mass is 35.5. The molecule has 0 aliphatic heterocycles. The van der Waals surface area contributed by atoms with E-state index in [1.165, 1.54) is 12.1 Å². The first-order chi connectivity index (χ1) is 6.91. The Morgan fingerprint density at radius 1 is 1.40 bits per heavy atom. The first-order valence-corrected chi connectivity index (χ1v) is 4.62. The van der Waals surface area contributed by atoms with E-state index in [0.29, 0.717) is 0 Å². The van der Waals surface area contributed by atoms with Gasteiger partial charge in [-0.3, -0.25) is 4.79 Å². The second kappa shape index (κ2) is 4.68. The molecule has 0 saturated carbocycles. The van der Waals surface area contributed by atoms with Crippen LogP contribution >= 0.6 is 11.6 Å². The largest absolute Gasteiger partial charge is 0.385 e. The normalized spacial score (nSPS) is 13.6. The molecule has 1 aromatic rings. The van der Waals surface area contributed by atoms with Crippen LogP contribution in [0.1, 0.15) is 16.8 Å². The number of halogens is 3. The molecule has 1 atom stereocenters. The molecule has 0 saturated heterocycles. The monoisotopic (exact) mass is 234 g/mol. The van der Waals surface area contributed by atoms with E-state index >= 15 is 0 Å². The smallest absolute Gasteiger partial charge is 0.347 e. The highest BCUT2D eigenvalue weighted by Crippen LogP contribution is 2.26. The van der Waals surface area contributed by atoms with E-state index in [4.69, 9.17) is 5.11 Å². The molecule has 0 heterocycles. The van der Waals surface area contributed by atoms with Crippen LogP contribution in [0.3, 0.4) is 0 Å². The van der Waals surface area contributed by atoms with Gasteiger partial charge in [0.25, 0.3) is 0 Å². The van der Waals surface area contributed by atoms with Crippen molar-refractivity contribution in [3.63, 3.8) is 0 Å². The zero-order valence-corrected chi connectivity index (χ0v) is 8.42. The fourth-order valence-electron chi connectivity index (χ4n) is 1.03. The third-order valence-corrected chi connectivity index (χ3v) is 2.10. The van der Waals surface area contributed by atoms with Gasteiger partial charge in [-0.2, -0.15) is 8.78 Å². The van der Waals surface area contributed by atoms with Crippen molar-refractivity contribution in [1.29, 1.82) is 0 Å². The Labute approximate surface area is 90.5 Å². The third kappa shape index (κ3) is 3.57. The number of hydrogen-bond donors (Lipinski definition) is 1. The summed E-state index contributed by atoms with van der Waals surface area (Å²) in [6, 6.07) is 7.89. The summed E-state index contributed by atoms with van der Waals surface area (Å²) in [7, 11) is 0. The molecule has 82 valence electrons. The summed E-state index contributed by atoms with van der Waals surface area (Å²) in [6.07, 6.45) is -2.85. The van der Waals surface area contributed by atoms with Crippen LogP contribution in [0.4, 0.5) is 8.78 Å². The van der Waals surface area contributed by atoms with Crippen LogP contribution in [0.15, 0.2) is 30.3 Å². The van der Waals surface area contributed by atoms with Crippen LogP contribution in [0.25, 0.3) is 0 Å². The molecule has 0 unspecified atom stereocenters. The van der Waals surface area contributed by atoms with Gasteiger partial charge >= 0.3 is 5.38 Å². The number of aliphatic hydroxyl groups excluding tert-OH is 1. The first-order valence-electron chi connectivity index (χ1n) is 4.24. The van der Waals surface area contributed by atoms with Crippen molar-refractivity contribution in [3.05, 3.63) is 35.9 Å². The van der Waals surface area contributed by atoms with Gasteiger partial charge in [-0.25, -0.2) is 0 Å². The summed E-state index contributed by atoms with van der Waals surface area (Å²) in [5.74, 6) is -0.566. The van der Waals surface area contributed by atoms with Crippen LogP contribution in [0.5, 0.6) is 0 Å². The number of aliphatic hydroxyl groups is 1. The molecule has 1 N–H and O–H groups in total. The summed E-state index contributed by atoms with van der Waals surface area (Å²) in [5.41, 5.74) is 0.275. The third-order valence-electron chi connectivity index (χ3n) is 1.85. The van der Waals surface area contributed by atoms with Gasteiger partial charge in [0.05, 0.1) is 0 Å². The first kappa shape index (κ1) is 12.1. The molecule has 1 rings (SSSR count). The summed E-state index contributed by atoms with van der Waals surface area (Å²) < 4.78 is 24.7. The van der Waals surface area contributed by atoms with Gasteiger partial charge in [0.1, 0.15) is 6.10 Å². The average molecular weight is 235 g/mol. The van der Waals surface area contributed by atoms with E-state index in [2.05, 4.69) is 11.6 Å². The minimum absolute atomic E-state index is 0.275. The highest BCUT2D eigenvalue weighted by molar-refractivity contribution is 6.22. The minimum atomic E-state index is -3.77. The zero-order valence-electron chi connectivity index (χ0n) is 7.66. The molecular weight excluding hydrogens is 226 g/mol. The van der Waals surface area contributed by atoms with E-state index in [-0.39, 0.29) is 5.56 Å². The second-order valence-electron chi connectivity index (χ2n) is 3.05. The molecule has 5 heteroatoms. The lowest BCUT2D eigenvalue weighted by Crippen LogP contribution is -2.29. The number of ketones is 1. The van der Waals surface area contributed by atoms with Crippen LogP contribution in [-0.2, 0) is 0 Å². The summed E-state index contributed by atoms with van der Waals surface area (Å²) >= 11 is 4.58. The van der Waals surface area contributed by atoms with Gasteiger partial charge < -0.3 is 5.11 Å². The van der Waals surface area contributed by atoms with Gasteiger partial charge in [0.15, 0.2) is 5.78 Å². The van der Waals surface area contributed by atoms with Crippen molar-refractivity contribution in [2.24, 2.45) is 0 Å². The summed E-state index contributed by atoms with van der Waals surface area (Å²) in [6.45, 7) is 0. The maximum atomic E-state index is 12.4. The van der Waals surface area contributed by atoms with Crippen molar-refractivity contribution in [2.45, 2.75) is 17.9 Å². The lowest BCUT2D eigenvalue weighted by atomic mass is 10.1. The molecule has 0 aliphatic rings. The molecule has 1 aromatic carbocycles. The fourth-order valence-corrected chi connectivity index (χ4v) is 1.11. The molecule has 0 aromatic heterocycles. The SMILES string of the molecule is O=C(C[C@H](O)C(F)(F)Cl)c1ccccc1. The van der Waals surface area contributed by atoms with E-state index in [9.17, 15) is 13.6 Å². The van der Waals surface area contributed by atoms with Gasteiger partial charge in [0, 0.05) is 12.0 Å². The number of alkyl halides is 3. The molecule has 15 heavy (non-hydrogen) atoms. The van der Waals surface area contributed by atoms with Gasteiger partial charge in [-0.05, 0) is 11.6 Å². The van der Waals surface area contributed by atoms with E-state index in [1.54, 1.807) is 18.2 Å². The Morgan fingerprint density at radius 2 is 1.93 bits per heavy atom. The average Bonchev–Trinajstić information content (AvgIpc) is 2.17. The minimum Gasteiger partial charge on any atom is -0.385 e. The maximum absolute atomic E-state index is 12.4. The Morgan fingerprint density at radius 3 is 2.40 bits per heavy atom. The quantitative estimate of drug-likeness (QED) is 0.642. The maximum Gasteiger partial charge on any atom is 0.347 e. The van der Waals surface area contributed by atoms with E-state index in [1.807, 2.05) is 0 Å². The molecule has 0 spiro atoms. The number of carbonyl (C=O) groups is 1. The Balaban J connectivity index is 2.65. The fraction of sp³-hybridized carbons (Fsp3) is 0.300. The van der Waals surface area contributed by atoms with Crippen LogP contribution in [-0.4, -0.2) is 22.4 Å². The summed E-state index contributed by atoms with van der Waals surface area (Å²) in [4.78, 5) is 11.3. The van der Waals surface area contributed by atoms with Crippen molar-refractivity contribution < 1.29 is 18.7 Å². The lowest BCUT2D eigenvalue weighted by Gasteiger charge is -2.14. The van der Waals surface area contributed by atoms with Gasteiger partial charge in [-0.1, -0.05) is 30.3 Å². The lowest BCUT2D eigenvalue weighted by molar-refractivity contribution is -0.0405. The van der Waals surface area contributed by atoms with Crippen molar-refractivity contribution in [2.75, 3.05) is 0 Å². The molecule has 0 bridgehead atoms. The molecule has 0 aliphatic carbocycles. The molecule has 0 amide bonds. The number of carbonyl (C=O) groups excluding carboxylic acids is 1. The van der Waals surface area contributed by atoms with Gasteiger partial charge in [0.2, 0.25) is 0 Å². The Bertz CT molecular complexity index is 335. The van der Waals surface area contributed by atoms with Crippen molar-refractivity contribution in [1.82, 2.24) is 0 Å². The topological polar surface area (TPSA) is 37.3 Å². The second-order valence-corrected chi connectivity index (χ2v) is 3.55. The summed E-state index contributed by atoms with van der Waals surface area (Å²) in [5, 5.41) is 5.14. The van der Waals surface area contributed by atoms with Gasteiger partial charge in [-0.15, -0.1) is 0 Å². The van der Waals surface area contributed by atoms with Crippen LogP contribution in [0.2, 0.25) is 0 Å². The number of Topliss-reactive ketones (excluding diaryl/α,β-unsaturated/α-hetero) is 1. The standard InChI is InChI=1S/C10H9ClF2O2/c11-10(12,13)9(15)6-8(14)7-4-2-1-3-5-7/h1-5,9,15H,6H2/t9-/m0/s1. The molecule has 2 nitrogen and oxygen atoms in total. The predicted octanol–water partition coefficient (Wildman–Crippen LogP) is 2.45. The van der Waals surface area contributed by atoms with Crippen LogP contribution in [0, 0.1) is 0 Å². The zero-order chi connectivity index (χ0) is 11.5. The molecular formula is C10H9ClF2O2. The van der Waals surface area contributed by atoms with E-state index < -0.39 is 23.7 Å². The highest BCUT2D eigenvalue weighted by Gasteiger charge is 2.36. The number of benzene rings is 1. The van der Waals surface area contributed by atoms with Crippen LogP contribution < -0.4 is 0 Å². The Hall–Kier alpha value is -1.00. The number of hydrogen-bond acceptors (Lipinski definition) is 2. The van der Waals surface area contributed by atoms with Crippen molar-refractivity contribution >= 4 is 17.4 Å². The van der Waals surface area contributed by atoms with E-state index in [0.717, 1.165) is 0 Å². The number of rotatable bonds is 4. The molecule has 0 radical (unpaired) electrons. The molecule has 0 fully saturated rings.